The van der Waals surface area contributed by atoms with Gasteiger partial charge in [-0.05, 0) is 45.6 Å². The van der Waals surface area contributed by atoms with Crippen LogP contribution in [0.1, 0.15) is 39.0 Å². The summed E-state index contributed by atoms with van der Waals surface area (Å²) >= 11 is 0. The third kappa shape index (κ3) is 2.57. The van der Waals surface area contributed by atoms with Crippen LogP contribution in [0.3, 0.4) is 0 Å². The van der Waals surface area contributed by atoms with Crippen molar-refractivity contribution >= 4 is 0 Å². The molecule has 18 heavy (non-hydrogen) atoms. The van der Waals surface area contributed by atoms with E-state index >= 15 is 0 Å². The van der Waals surface area contributed by atoms with Gasteiger partial charge in [-0.1, -0.05) is 0 Å². The Labute approximate surface area is 110 Å². The summed E-state index contributed by atoms with van der Waals surface area (Å²) in [6, 6.07) is 0.924. The Bertz CT molecular complexity index is 296. The summed E-state index contributed by atoms with van der Waals surface area (Å²) in [5, 5.41) is 13.7. The summed E-state index contributed by atoms with van der Waals surface area (Å²) < 4.78 is 5.93. The average Bonchev–Trinajstić information content (AvgIpc) is 2.91. The van der Waals surface area contributed by atoms with Gasteiger partial charge in [0, 0.05) is 25.2 Å². The molecule has 3 rings (SSSR count). The highest BCUT2D eigenvalue weighted by Crippen LogP contribution is 2.29. The van der Waals surface area contributed by atoms with Crippen molar-refractivity contribution in [3.8, 4) is 0 Å². The van der Waals surface area contributed by atoms with Crippen LogP contribution in [0.5, 0.6) is 0 Å². The molecular weight excluding hydrogens is 228 g/mol. The minimum absolute atomic E-state index is 0.248. The average molecular weight is 254 g/mol. The van der Waals surface area contributed by atoms with Crippen LogP contribution in [0.4, 0.5) is 0 Å². The lowest BCUT2D eigenvalue weighted by molar-refractivity contribution is -0.0515. The van der Waals surface area contributed by atoms with Crippen LogP contribution in [-0.2, 0) is 4.74 Å². The van der Waals surface area contributed by atoms with Gasteiger partial charge in [-0.2, -0.15) is 0 Å². The highest BCUT2D eigenvalue weighted by Gasteiger charge is 2.37. The summed E-state index contributed by atoms with van der Waals surface area (Å²) in [6.07, 6.45) is 6.07. The van der Waals surface area contributed by atoms with E-state index in [1.54, 1.807) is 0 Å². The van der Waals surface area contributed by atoms with Crippen LogP contribution in [-0.4, -0.2) is 60.0 Å². The van der Waals surface area contributed by atoms with Crippen LogP contribution >= 0.6 is 0 Å². The number of rotatable bonds is 3. The van der Waals surface area contributed by atoms with E-state index in [0.29, 0.717) is 12.1 Å². The Kier molecular flexibility index (Phi) is 3.63. The first-order valence-corrected chi connectivity index (χ1v) is 7.46. The Hall–Kier alpha value is -0.160. The molecule has 1 aliphatic carbocycles. The van der Waals surface area contributed by atoms with Crippen LogP contribution in [0.25, 0.3) is 0 Å². The van der Waals surface area contributed by atoms with Crippen LogP contribution in [0.2, 0.25) is 0 Å². The summed E-state index contributed by atoms with van der Waals surface area (Å²) in [7, 11) is 0. The van der Waals surface area contributed by atoms with Gasteiger partial charge in [-0.25, -0.2) is 0 Å². The van der Waals surface area contributed by atoms with E-state index in [1.807, 2.05) is 6.92 Å². The molecule has 0 bridgehead atoms. The molecule has 4 nitrogen and oxygen atoms in total. The number of hydrogen-bond donors (Lipinski definition) is 2. The van der Waals surface area contributed by atoms with Crippen LogP contribution in [0.15, 0.2) is 0 Å². The minimum atomic E-state index is -0.523. The number of morpholine rings is 1. The molecule has 3 fully saturated rings. The third-order valence-electron chi connectivity index (χ3n) is 4.98. The second kappa shape index (κ2) is 5.08. The predicted molar refractivity (Wildman–Crippen MR) is 70.6 cm³/mol. The van der Waals surface area contributed by atoms with Gasteiger partial charge in [0.2, 0.25) is 0 Å². The molecule has 0 aromatic heterocycles. The van der Waals surface area contributed by atoms with E-state index in [0.717, 1.165) is 39.0 Å². The van der Waals surface area contributed by atoms with Gasteiger partial charge in [0.15, 0.2) is 0 Å². The lowest BCUT2D eigenvalue weighted by atomic mass is 10.0. The molecule has 4 heteroatoms. The topological polar surface area (TPSA) is 44.7 Å². The number of fused-ring (bicyclic) bond motifs is 1. The smallest absolute Gasteiger partial charge is 0.0827 e. The van der Waals surface area contributed by atoms with E-state index in [-0.39, 0.29) is 6.04 Å². The molecule has 0 radical (unpaired) electrons. The number of nitrogens with zero attached hydrogens (tertiary/aromatic N) is 1. The van der Waals surface area contributed by atoms with Gasteiger partial charge in [0.1, 0.15) is 0 Å². The molecule has 1 saturated carbocycles. The molecule has 3 aliphatic rings. The van der Waals surface area contributed by atoms with E-state index in [4.69, 9.17) is 4.74 Å². The fourth-order valence-corrected chi connectivity index (χ4v) is 3.75. The predicted octanol–water partition coefficient (Wildman–Crippen LogP) is 0.743. The van der Waals surface area contributed by atoms with Crippen molar-refractivity contribution in [2.45, 2.75) is 62.8 Å². The molecule has 104 valence electrons. The third-order valence-corrected chi connectivity index (χ3v) is 4.98. The summed E-state index contributed by atoms with van der Waals surface area (Å²) in [6.45, 7) is 6.03. The Morgan fingerprint density at radius 1 is 1.39 bits per heavy atom. The molecule has 2 aliphatic heterocycles. The van der Waals surface area contributed by atoms with Crippen molar-refractivity contribution in [3.63, 3.8) is 0 Å². The fourth-order valence-electron chi connectivity index (χ4n) is 3.75. The first kappa shape index (κ1) is 12.9. The first-order valence-electron chi connectivity index (χ1n) is 7.46. The van der Waals surface area contributed by atoms with Gasteiger partial charge < -0.3 is 15.2 Å². The molecule has 0 aromatic rings. The lowest BCUT2D eigenvalue weighted by Crippen LogP contribution is -2.53. The molecule has 4 atom stereocenters. The van der Waals surface area contributed by atoms with Crippen molar-refractivity contribution in [1.29, 1.82) is 0 Å². The molecule has 0 amide bonds. The number of ether oxygens (including phenoxy) is 1. The number of hydrogen-bond acceptors (Lipinski definition) is 4. The van der Waals surface area contributed by atoms with Gasteiger partial charge >= 0.3 is 0 Å². The largest absolute Gasteiger partial charge is 0.389 e. The SMILES string of the molecule is CC1(O)CCCC1NCC1CN2CCCC2CO1. The number of nitrogens with one attached hydrogen (secondary N) is 1. The van der Waals surface area contributed by atoms with Gasteiger partial charge in [0.25, 0.3) is 0 Å². The van der Waals surface area contributed by atoms with Crippen molar-refractivity contribution in [2.24, 2.45) is 0 Å². The molecule has 4 unspecified atom stereocenters. The molecule has 2 saturated heterocycles. The van der Waals surface area contributed by atoms with Crippen molar-refractivity contribution < 1.29 is 9.84 Å². The van der Waals surface area contributed by atoms with E-state index in [2.05, 4.69) is 10.2 Å². The van der Waals surface area contributed by atoms with Gasteiger partial charge in [-0.15, -0.1) is 0 Å². The quantitative estimate of drug-likeness (QED) is 0.780. The van der Waals surface area contributed by atoms with Gasteiger partial charge in [0.05, 0.1) is 18.3 Å². The Morgan fingerprint density at radius 3 is 3.06 bits per heavy atom. The first-order chi connectivity index (χ1) is 8.65. The second-order valence-electron chi connectivity index (χ2n) is 6.46. The summed E-state index contributed by atoms with van der Waals surface area (Å²) in [5.74, 6) is 0. The second-order valence-corrected chi connectivity index (χ2v) is 6.46. The molecular formula is C14H26N2O2. The normalized spacial score (nSPS) is 45.3. The zero-order valence-electron chi connectivity index (χ0n) is 11.4. The minimum Gasteiger partial charge on any atom is -0.389 e. The molecule has 0 aromatic carbocycles. The maximum absolute atomic E-state index is 10.2. The molecule has 0 spiro atoms. The van der Waals surface area contributed by atoms with Crippen LogP contribution < -0.4 is 5.32 Å². The number of aliphatic hydroxyl groups is 1. The molecule has 2 N–H and O–H groups in total. The van der Waals surface area contributed by atoms with E-state index in [9.17, 15) is 5.11 Å². The van der Waals surface area contributed by atoms with Crippen molar-refractivity contribution in [3.05, 3.63) is 0 Å². The van der Waals surface area contributed by atoms with E-state index < -0.39 is 5.60 Å². The van der Waals surface area contributed by atoms with Crippen molar-refractivity contribution in [1.82, 2.24) is 10.2 Å². The zero-order valence-corrected chi connectivity index (χ0v) is 11.4. The fraction of sp³-hybridized carbons (Fsp3) is 1.00. The highest BCUT2D eigenvalue weighted by atomic mass is 16.5. The lowest BCUT2D eigenvalue weighted by Gasteiger charge is -2.36. The standard InChI is InChI=1S/C14H26N2O2/c1-14(17)6-2-5-13(14)15-8-12-9-16-7-3-4-11(16)10-18-12/h11-13,15,17H,2-10H2,1H3. The summed E-state index contributed by atoms with van der Waals surface area (Å²) in [5.41, 5.74) is -0.523. The molecule has 2 heterocycles. The maximum atomic E-state index is 10.2. The Balaban J connectivity index is 1.46. The maximum Gasteiger partial charge on any atom is 0.0827 e. The zero-order chi connectivity index (χ0) is 12.6. The van der Waals surface area contributed by atoms with Crippen LogP contribution in [0, 0.1) is 0 Å². The van der Waals surface area contributed by atoms with Gasteiger partial charge in [-0.3, -0.25) is 4.90 Å². The summed E-state index contributed by atoms with van der Waals surface area (Å²) in [4.78, 5) is 2.57. The van der Waals surface area contributed by atoms with E-state index in [1.165, 1.54) is 19.4 Å². The highest BCUT2D eigenvalue weighted by molar-refractivity contribution is 4.95. The van der Waals surface area contributed by atoms with Crippen molar-refractivity contribution in [2.75, 3.05) is 26.2 Å². The Morgan fingerprint density at radius 2 is 2.28 bits per heavy atom. The monoisotopic (exact) mass is 254 g/mol.